The molecule has 0 aliphatic heterocycles. The first-order chi connectivity index (χ1) is 13.6. The van der Waals surface area contributed by atoms with Crippen molar-refractivity contribution in [3.05, 3.63) is 64.7 Å². The average molecular weight is 377 g/mol. The van der Waals surface area contributed by atoms with Crippen LogP contribution >= 0.6 is 0 Å². The summed E-state index contributed by atoms with van der Waals surface area (Å²) in [5.41, 5.74) is 1.82. The summed E-state index contributed by atoms with van der Waals surface area (Å²) < 4.78 is 8.43. The Bertz CT molecular complexity index is 1240. The summed E-state index contributed by atoms with van der Waals surface area (Å²) in [7, 11) is 1.54. The van der Waals surface area contributed by atoms with Crippen LogP contribution in [0.4, 0.5) is 5.69 Å². The van der Waals surface area contributed by atoms with Gasteiger partial charge in [-0.1, -0.05) is 31.2 Å². The minimum Gasteiger partial charge on any atom is -0.495 e. The Morgan fingerprint density at radius 2 is 1.79 bits per heavy atom. The van der Waals surface area contributed by atoms with Gasteiger partial charge >= 0.3 is 0 Å². The SMILES string of the molecule is CCc1nnc2c(=O)n(CC(=O)Nc3ccccc3OC)c3ccccc3n12. The van der Waals surface area contributed by atoms with Crippen LogP contribution < -0.4 is 15.6 Å². The zero-order chi connectivity index (χ0) is 19.7. The highest BCUT2D eigenvalue weighted by molar-refractivity contribution is 5.93. The molecule has 0 aliphatic carbocycles. The summed E-state index contributed by atoms with van der Waals surface area (Å²) in [6, 6.07) is 14.5. The third kappa shape index (κ3) is 2.88. The van der Waals surface area contributed by atoms with E-state index in [-0.39, 0.29) is 23.7 Å². The smallest absolute Gasteiger partial charge is 0.297 e. The number of aromatic nitrogens is 4. The van der Waals surface area contributed by atoms with E-state index in [0.29, 0.717) is 29.2 Å². The highest BCUT2D eigenvalue weighted by Crippen LogP contribution is 2.23. The number of hydrogen-bond acceptors (Lipinski definition) is 5. The van der Waals surface area contributed by atoms with Gasteiger partial charge < -0.3 is 10.1 Å². The zero-order valence-corrected chi connectivity index (χ0v) is 15.5. The maximum absolute atomic E-state index is 13.0. The number of anilines is 1. The summed E-state index contributed by atoms with van der Waals surface area (Å²) in [4.78, 5) is 25.7. The predicted octanol–water partition coefficient (Wildman–Crippen LogP) is 2.25. The Kier molecular flexibility index (Phi) is 4.52. The van der Waals surface area contributed by atoms with E-state index in [2.05, 4.69) is 15.5 Å². The molecule has 0 spiro atoms. The number of carbonyl (C=O) groups is 1. The highest BCUT2D eigenvalue weighted by Gasteiger charge is 2.17. The van der Waals surface area contributed by atoms with Crippen LogP contribution in [-0.4, -0.2) is 32.2 Å². The molecule has 2 aromatic carbocycles. The van der Waals surface area contributed by atoms with Crippen molar-refractivity contribution in [3.8, 4) is 5.75 Å². The van der Waals surface area contributed by atoms with Crippen molar-refractivity contribution in [2.75, 3.05) is 12.4 Å². The molecule has 0 atom stereocenters. The van der Waals surface area contributed by atoms with Crippen molar-refractivity contribution in [2.24, 2.45) is 0 Å². The number of aryl methyl sites for hydroxylation is 1. The lowest BCUT2D eigenvalue weighted by molar-refractivity contribution is -0.116. The summed E-state index contributed by atoms with van der Waals surface area (Å²) in [5.74, 6) is 0.916. The standard InChI is InChI=1S/C20H19N5O3/c1-3-17-22-23-19-20(27)24(14-9-5-6-10-15(14)25(17)19)12-18(26)21-13-8-4-7-11-16(13)28-2/h4-11H,3,12H2,1-2H3,(H,21,26). The number of fused-ring (bicyclic) bond motifs is 3. The lowest BCUT2D eigenvalue weighted by Gasteiger charge is -2.13. The lowest BCUT2D eigenvalue weighted by Crippen LogP contribution is -2.29. The van der Waals surface area contributed by atoms with E-state index < -0.39 is 0 Å². The van der Waals surface area contributed by atoms with Crippen LogP contribution in [0.5, 0.6) is 5.75 Å². The fourth-order valence-corrected chi connectivity index (χ4v) is 3.29. The molecule has 2 heterocycles. The van der Waals surface area contributed by atoms with Crippen LogP contribution in [0.25, 0.3) is 16.7 Å². The number of benzene rings is 2. The molecule has 28 heavy (non-hydrogen) atoms. The number of rotatable bonds is 5. The molecular formula is C20H19N5O3. The van der Waals surface area contributed by atoms with Crippen molar-refractivity contribution < 1.29 is 9.53 Å². The van der Waals surface area contributed by atoms with Gasteiger partial charge in [-0.3, -0.25) is 18.6 Å². The van der Waals surface area contributed by atoms with Gasteiger partial charge in [0.15, 0.2) is 0 Å². The van der Waals surface area contributed by atoms with Crippen LogP contribution in [0, 0.1) is 0 Å². The van der Waals surface area contributed by atoms with E-state index in [1.54, 1.807) is 22.6 Å². The van der Waals surface area contributed by atoms with E-state index in [0.717, 1.165) is 5.52 Å². The third-order valence-corrected chi connectivity index (χ3v) is 4.58. The molecule has 2 aromatic heterocycles. The molecule has 8 nitrogen and oxygen atoms in total. The minimum absolute atomic E-state index is 0.151. The van der Waals surface area contributed by atoms with Crippen LogP contribution in [0.15, 0.2) is 53.3 Å². The Hall–Kier alpha value is -3.68. The number of amides is 1. The third-order valence-electron chi connectivity index (χ3n) is 4.58. The second-order valence-electron chi connectivity index (χ2n) is 6.26. The Balaban J connectivity index is 1.79. The first-order valence-electron chi connectivity index (χ1n) is 8.92. The molecule has 0 fully saturated rings. The van der Waals surface area contributed by atoms with Gasteiger partial charge in [-0.05, 0) is 24.3 Å². The molecule has 4 aromatic rings. The van der Waals surface area contributed by atoms with Crippen molar-refractivity contribution in [3.63, 3.8) is 0 Å². The Morgan fingerprint density at radius 1 is 1.07 bits per heavy atom. The zero-order valence-electron chi connectivity index (χ0n) is 15.5. The van der Waals surface area contributed by atoms with E-state index in [4.69, 9.17) is 4.74 Å². The quantitative estimate of drug-likeness (QED) is 0.576. The number of nitrogens with zero attached hydrogens (tertiary/aromatic N) is 4. The van der Waals surface area contributed by atoms with Gasteiger partial charge in [-0.25, -0.2) is 0 Å². The largest absolute Gasteiger partial charge is 0.495 e. The second kappa shape index (κ2) is 7.15. The minimum atomic E-state index is -0.360. The van der Waals surface area contributed by atoms with E-state index in [1.807, 2.05) is 37.3 Å². The maximum Gasteiger partial charge on any atom is 0.297 e. The molecule has 0 bridgehead atoms. The molecule has 0 radical (unpaired) electrons. The summed E-state index contributed by atoms with van der Waals surface area (Å²) in [6.07, 6.45) is 0.642. The first-order valence-corrected chi connectivity index (χ1v) is 8.92. The van der Waals surface area contributed by atoms with Crippen LogP contribution in [0.1, 0.15) is 12.7 Å². The highest BCUT2D eigenvalue weighted by atomic mass is 16.5. The number of methoxy groups -OCH3 is 1. The molecule has 0 saturated heterocycles. The van der Waals surface area contributed by atoms with Gasteiger partial charge in [0, 0.05) is 6.42 Å². The Morgan fingerprint density at radius 3 is 2.54 bits per heavy atom. The van der Waals surface area contributed by atoms with E-state index in [9.17, 15) is 9.59 Å². The summed E-state index contributed by atoms with van der Waals surface area (Å²) in [6.45, 7) is 1.81. The summed E-state index contributed by atoms with van der Waals surface area (Å²) in [5, 5.41) is 11.0. The fraction of sp³-hybridized carbons (Fsp3) is 0.200. The topological polar surface area (TPSA) is 90.5 Å². The van der Waals surface area contributed by atoms with Gasteiger partial charge in [-0.2, -0.15) is 0 Å². The molecule has 8 heteroatoms. The lowest BCUT2D eigenvalue weighted by atomic mass is 10.2. The normalized spacial score (nSPS) is 11.1. The van der Waals surface area contributed by atoms with Gasteiger partial charge in [0.2, 0.25) is 11.6 Å². The summed E-state index contributed by atoms with van der Waals surface area (Å²) >= 11 is 0. The molecule has 0 saturated carbocycles. The first kappa shape index (κ1) is 17.7. The average Bonchev–Trinajstić information content (AvgIpc) is 3.16. The number of nitrogens with one attached hydrogen (secondary N) is 1. The van der Waals surface area contributed by atoms with Crippen LogP contribution in [0.3, 0.4) is 0 Å². The van der Waals surface area contributed by atoms with Gasteiger partial charge in [0.25, 0.3) is 5.56 Å². The van der Waals surface area contributed by atoms with Crippen molar-refractivity contribution in [1.29, 1.82) is 0 Å². The van der Waals surface area contributed by atoms with Gasteiger partial charge in [0.05, 0.1) is 23.8 Å². The molecule has 1 amide bonds. The molecule has 4 rings (SSSR count). The van der Waals surface area contributed by atoms with E-state index in [1.165, 1.54) is 11.7 Å². The number of para-hydroxylation sites is 4. The molecule has 1 N–H and O–H groups in total. The number of hydrogen-bond donors (Lipinski definition) is 1. The van der Waals surface area contributed by atoms with Crippen LogP contribution in [-0.2, 0) is 17.8 Å². The van der Waals surface area contributed by atoms with Crippen molar-refractivity contribution >= 4 is 28.3 Å². The maximum atomic E-state index is 13.0. The second-order valence-corrected chi connectivity index (χ2v) is 6.26. The van der Waals surface area contributed by atoms with Gasteiger partial charge in [0.1, 0.15) is 18.1 Å². The molecule has 0 unspecified atom stereocenters. The monoisotopic (exact) mass is 377 g/mol. The number of ether oxygens (including phenoxy) is 1. The Labute approximate surface area is 160 Å². The predicted molar refractivity (Wildman–Crippen MR) is 106 cm³/mol. The molecule has 142 valence electrons. The van der Waals surface area contributed by atoms with Crippen molar-refractivity contribution in [1.82, 2.24) is 19.2 Å². The molecular weight excluding hydrogens is 358 g/mol. The van der Waals surface area contributed by atoms with Gasteiger partial charge in [-0.15, -0.1) is 10.2 Å². The number of carbonyl (C=O) groups excluding carboxylic acids is 1. The van der Waals surface area contributed by atoms with Crippen molar-refractivity contribution in [2.45, 2.75) is 19.9 Å². The van der Waals surface area contributed by atoms with Crippen LogP contribution in [0.2, 0.25) is 0 Å². The molecule has 0 aliphatic rings. The van der Waals surface area contributed by atoms with E-state index >= 15 is 0 Å². The fourth-order valence-electron chi connectivity index (χ4n) is 3.29.